The van der Waals surface area contributed by atoms with Crippen LogP contribution in [0, 0.1) is 0 Å². The van der Waals surface area contributed by atoms with E-state index >= 15 is 0 Å². The van der Waals surface area contributed by atoms with Crippen molar-refractivity contribution in [3.63, 3.8) is 0 Å². The van der Waals surface area contributed by atoms with Crippen molar-refractivity contribution in [1.29, 1.82) is 0 Å². The summed E-state index contributed by atoms with van der Waals surface area (Å²) in [6.45, 7) is -0.265. The first-order valence-electron chi connectivity index (χ1n) is 5.34. The number of rotatable bonds is 6. The van der Waals surface area contributed by atoms with Crippen molar-refractivity contribution in [3.05, 3.63) is 23.8 Å². The van der Waals surface area contributed by atoms with Crippen LogP contribution in [0.3, 0.4) is 0 Å². The summed E-state index contributed by atoms with van der Waals surface area (Å²) in [4.78, 5) is 22.2. The van der Waals surface area contributed by atoms with Gasteiger partial charge in [0.25, 0.3) is 0 Å². The molecule has 6 heteroatoms. The van der Waals surface area contributed by atoms with Crippen LogP contribution in [0.15, 0.2) is 23.8 Å². The van der Waals surface area contributed by atoms with E-state index in [4.69, 9.17) is 10.2 Å². The third kappa shape index (κ3) is 4.38. The number of carbonyl (C=O) groups is 2. The molecule has 17 heavy (non-hydrogen) atoms. The number of carbonyl (C=O) groups excluding carboxylic acids is 2. The molecule has 2 amide bonds. The second kappa shape index (κ2) is 6.82. The molecule has 1 aliphatic rings. The lowest BCUT2D eigenvalue weighted by Gasteiger charge is -2.20. The van der Waals surface area contributed by atoms with E-state index in [-0.39, 0.29) is 6.54 Å². The zero-order chi connectivity index (χ0) is 12.7. The molecule has 1 aliphatic carbocycles. The molecule has 4 N–H and O–H groups in total. The van der Waals surface area contributed by atoms with Crippen molar-refractivity contribution in [3.8, 4) is 0 Å². The van der Waals surface area contributed by atoms with Gasteiger partial charge in [0, 0.05) is 0 Å². The van der Waals surface area contributed by atoms with E-state index in [1.807, 2.05) is 12.2 Å². The summed E-state index contributed by atoms with van der Waals surface area (Å²) < 4.78 is 0. The van der Waals surface area contributed by atoms with E-state index < -0.39 is 18.2 Å². The van der Waals surface area contributed by atoms with Crippen molar-refractivity contribution in [1.82, 2.24) is 10.6 Å². The zero-order valence-electron chi connectivity index (χ0n) is 9.30. The molecule has 0 heterocycles. The van der Waals surface area contributed by atoms with Crippen molar-refractivity contribution < 1.29 is 19.8 Å². The second-order valence-corrected chi connectivity index (χ2v) is 3.65. The van der Waals surface area contributed by atoms with Crippen LogP contribution in [0.5, 0.6) is 0 Å². The topological polar surface area (TPSA) is 98.7 Å². The highest BCUT2D eigenvalue weighted by atomic mass is 16.5. The van der Waals surface area contributed by atoms with E-state index in [1.54, 1.807) is 6.08 Å². The van der Waals surface area contributed by atoms with Gasteiger partial charge in [-0.25, -0.2) is 0 Å². The fraction of sp³-hybridized carbons (Fsp3) is 0.455. The van der Waals surface area contributed by atoms with Gasteiger partial charge in [0.1, 0.15) is 6.04 Å². The molecule has 6 nitrogen and oxygen atoms in total. The number of allylic oxidation sites excluding steroid dienone is 3. The van der Waals surface area contributed by atoms with Crippen molar-refractivity contribution >= 4 is 12.3 Å². The summed E-state index contributed by atoms with van der Waals surface area (Å²) in [6, 6.07) is -0.754. The Morgan fingerprint density at radius 2 is 2.29 bits per heavy atom. The highest BCUT2D eigenvalue weighted by molar-refractivity contribution is 5.87. The summed E-state index contributed by atoms with van der Waals surface area (Å²) in [7, 11) is 0. The Bertz CT molecular complexity index is 336. The molecule has 1 atom stereocenters. The van der Waals surface area contributed by atoms with E-state index in [2.05, 4.69) is 10.6 Å². The number of hydrogen-bond donors (Lipinski definition) is 4. The molecular weight excluding hydrogens is 224 g/mol. The van der Waals surface area contributed by atoms with E-state index in [9.17, 15) is 9.59 Å². The molecule has 1 rings (SSSR count). The van der Waals surface area contributed by atoms with Crippen LogP contribution in [0.2, 0.25) is 0 Å². The molecular formula is C11H16N2O4. The fourth-order valence-corrected chi connectivity index (χ4v) is 1.57. The molecule has 0 bridgehead atoms. The van der Waals surface area contributed by atoms with Gasteiger partial charge in [-0.1, -0.05) is 18.2 Å². The summed E-state index contributed by atoms with van der Waals surface area (Å²) >= 11 is 0. The third-order valence-electron chi connectivity index (χ3n) is 2.37. The van der Waals surface area contributed by atoms with Gasteiger partial charge in [0.2, 0.25) is 12.3 Å². The average Bonchev–Trinajstić information content (AvgIpc) is 2.34. The van der Waals surface area contributed by atoms with Gasteiger partial charge in [-0.15, -0.1) is 0 Å². The Morgan fingerprint density at radius 3 is 2.82 bits per heavy atom. The largest absolute Gasteiger partial charge is 0.367 e. The Labute approximate surface area is 99.0 Å². The van der Waals surface area contributed by atoms with Crippen LogP contribution in [0.25, 0.3) is 0 Å². The molecule has 0 aromatic rings. The first kappa shape index (κ1) is 13.4. The summed E-state index contributed by atoms with van der Waals surface area (Å²) in [5.41, 5.74) is 0.796. The maximum absolute atomic E-state index is 11.7. The van der Waals surface area contributed by atoms with Gasteiger partial charge in [0.05, 0.1) is 6.54 Å². The monoisotopic (exact) mass is 240 g/mol. The van der Waals surface area contributed by atoms with Gasteiger partial charge in [0.15, 0.2) is 6.29 Å². The minimum Gasteiger partial charge on any atom is -0.367 e. The number of aliphatic hydroxyl groups excluding tert-OH is 1. The highest BCUT2D eigenvalue weighted by Gasteiger charge is 2.22. The summed E-state index contributed by atoms with van der Waals surface area (Å²) in [5.74, 6) is -0.452. The summed E-state index contributed by atoms with van der Waals surface area (Å²) in [6.07, 6.45) is 5.94. The summed E-state index contributed by atoms with van der Waals surface area (Å²) in [5, 5.41) is 22.1. The SMILES string of the molecule is O=CNC(C(=O)NCC(O)O)C1=CC=CCC1. The molecule has 0 aromatic carbocycles. The Hall–Kier alpha value is -1.66. The number of aliphatic hydroxyl groups is 2. The minimum absolute atomic E-state index is 0.265. The average molecular weight is 240 g/mol. The van der Waals surface area contributed by atoms with E-state index in [0.29, 0.717) is 12.8 Å². The number of hydrogen-bond acceptors (Lipinski definition) is 4. The van der Waals surface area contributed by atoms with Crippen molar-refractivity contribution in [2.45, 2.75) is 25.2 Å². The van der Waals surface area contributed by atoms with Gasteiger partial charge < -0.3 is 20.8 Å². The molecule has 0 aliphatic heterocycles. The minimum atomic E-state index is -1.60. The zero-order valence-corrected chi connectivity index (χ0v) is 9.30. The van der Waals surface area contributed by atoms with Gasteiger partial charge in [-0.05, 0) is 18.4 Å². The molecule has 0 radical (unpaired) electrons. The lowest BCUT2D eigenvalue weighted by Crippen LogP contribution is -2.47. The Kier molecular flexibility index (Phi) is 5.38. The van der Waals surface area contributed by atoms with E-state index in [0.717, 1.165) is 12.0 Å². The lowest BCUT2D eigenvalue weighted by molar-refractivity contribution is -0.126. The predicted molar refractivity (Wildman–Crippen MR) is 60.7 cm³/mol. The molecule has 0 saturated heterocycles. The predicted octanol–water partition coefficient (Wildman–Crippen LogP) is -1.20. The Balaban J connectivity index is 2.64. The second-order valence-electron chi connectivity index (χ2n) is 3.65. The normalized spacial score (nSPS) is 16.3. The lowest BCUT2D eigenvalue weighted by atomic mass is 9.97. The molecule has 0 fully saturated rings. The van der Waals surface area contributed by atoms with Crippen LogP contribution in [-0.2, 0) is 9.59 Å². The molecule has 0 spiro atoms. The standard InChI is InChI=1S/C11H16N2O4/c14-7-13-10(8-4-2-1-3-5-8)11(17)12-6-9(15)16/h1-2,4,7,9-10,15-16H,3,5-6H2,(H,12,17)(H,13,14). The third-order valence-corrected chi connectivity index (χ3v) is 2.37. The Morgan fingerprint density at radius 1 is 1.53 bits per heavy atom. The molecule has 0 saturated carbocycles. The van der Waals surface area contributed by atoms with Crippen LogP contribution >= 0.6 is 0 Å². The van der Waals surface area contributed by atoms with Crippen LogP contribution in [-0.4, -0.2) is 41.4 Å². The van der Waals surface area contributed by atoms with Crippen LogP contribution in [0.1, 0.15) is 12.8 Å². The fourth-order valence-electron chi connectivity index (χ4n) is 1.57. The number of nitrogens with one attached hydrogen (secondary N) is 2. The van der Waals surface area contributed by atoms with Gasteiger partial charge in [-0.2, -0.15) is 0 Å². The first-order chi connectivity index (χ1) is 8.15. The maximum Gasteiger partial charge on any atom is 0.247 e. The quantitative estimate of drug-likeness (QED) is 0.346. The van der Waals surface area contributed by atoms with Crippen LogP contribution < -0.4 is 10.6 Å². The molecule has 94 valence electrons. The van der Waals surface area contributed by atoms with Gasteiger partial charge >= 0.3 is 0 Å². The van der Waals surface area contributed by atoms with Crippen molar-refractivity contribution in [2.75, 3.05) is 6.54 Å². The highest BCUT2D eigenvalue weighted by Crippen LogP contribution is 2.15. The first-order valence-corrected chi connectivity index (χ1v) is 5.34. The molecule has 0 aromatic heterocycles. The molecule has 1 unspecified atom stereocenters. The van der Waals surface area contributed by atoms with Gasteiger partial charge in [-0.3, -0.25) is 9.59 Å². The maximum atomic E-state index is 11.7. The van der Waals surface area contributed by atoms with E-state index in [1.165, 1.54) is 0 Å². The number of amides is 2. The smallest absolute Gasteiger partial charge is 0.247 e. The van der Waals surface area contributed by atoms with Crippen molar-refractivity contribution in [2.24, 2.45) is 0 Å². The van der Waals surface area contributed by atoms with Crippen LogP contribution in [0.4, 0.5) is 0 Å².